The highest BCUT2D eigenvalue weighted by atomic mass is 32.2. The van der Waals surface area contributed by atoms with Gasteiger partial charge in [-0.15, -0.1) is 5.10 Å². The monoisotopic (exact) mass is 860 g/mol. The smallest absolute Gasteiger partial charge is 0.296 e. The molecule has 0 unspecified atom stereocenters. The summed E-state index contributed by atoms with van der Waals surface area (Å²) in [5, 5.41) is 5.60. The fourth-order valence-electron chi connectivity index (χ4n) is 6.82. The van der Waals surface area contributed by atoms with Gasteiger partial charge in [-0.3, -0.25) is 27.8 Å². The molecule has 57 heavy (non-hydrogen) atoms. The van der Waals surface area contributed by atoms with Crippen LogP contribution >= 0.6 is 0 Å². The van der Waals surface area contributed by atoms with Crippen molar-refractivity contribution in [3.8, 4) is 0 Å². The van der Waals surface area contributed by atoms with E-state index in [1.54, 1.807) is 47.4 Å². The number of aromatic nitrogens is 1. The molecule has 300 valence electrons. The molecule has 0 bridgehead atoms. The van der Waals surface area contributed by atoms with Crippen LogP contribution in [0.25, 0.3) is 16.8 Å². The number of allylic oxidation sites excluding steroid dienone is 6. The highest BCUT2D eigenvalue weighted by Crippen LogP contribution is 2.51. The number of hydrogen-bond donors (Lipinski definition) is 5. The lowest BCUT2D eigenvalue weighted by molar-refractivity contribution is 0.0993. The summed E-state index contributed by atoms with van der Waals surface area (Å²) in [6.45, 7) is 5.06. The zero-order valence-electron chi connectivity index (χ0n) is 29.8. The Hall–Kier alpha value is -5.33. The minimum Gasteiger partial charge on any atom is -0.343 e. The number of nitrogens with one attached hydrogen (secondary N) is 1. The van der Waals surface area contributed by atoms with Gasteiger partial charge in [0.05, 0.1) is 26.8 Å². The molecule has 0 radical (unpaired) electrons. The van der Waals surface area contributed by atoms with E-state index in [4.69, 9.17) is 0 Å². The van der Waals surface area contributed by atoms with Gasteiger partial charge in [0.25, 0.3) is 51.9 Å². The number of benzene rings is 3. The van der Waals surface area contributed by atoms with E-state index in [1.165, 1.54) is 31.2 Å². The quantitative estimate of drug-likeness (QED) is 0.113. The fraction of sp³-hybridized carbons (Fsp3) is 0.171. The maximum atomic E-state index is 13.5. The normalized spacial score (nSPS) is 17.0. The third-order valence-corrected chi connectivity index (χ3v) is 12.7. The molecule has 1 aromatic heterocycles. The number of H-pyrrole nitrogens is 1. The van der Waals surface area contributed by atoms with Crippen LogP contribution in [0.4, 0.5) is 11.4 Å². The number of fused-ring (bicyclic) bond motifs is 4. The zero-order chi connectivity index (χ0) is 42.0. The second-order valence-electron chi connectivity index (χ2n) is 13.4. The van der Waals surface area contributed by atoms with Crippen molar-refractivity contribution in [2.75, 3.05) is 22.2 Å². The van der Waals surface area contributed by atoms with Gasteiger partial charge in [0.15, 0.2) is 5.49 Å². The van der Waals surface area contributed by atoms with E-state index in [0.717, 1.165) is 5.56 Å². The molecule has 22 heteroatoms. The summed E-state index contributed by atoms with van der Waals surface area (Å²) in [5.41, 5.74) is -0.528. The minimum atomic E-state index is -5.03. The Balaban J connectivity index is 1.33. The summed E-state index contributed by atoms with van der Waals surface area (Å²) in [4.78, 5) is 28.8. The molecule has 1 amide bonds. The number of aromatic amines is 1. The number of hydrogen-bond acceptors (Lipinski definition) is 12. The molecule has 4 aromatic rings. The molecule has 3 heterocycles. The van der Waals surface area contributed by atoms with Gasteiger partial charge in [0, 0.05) is 28.6 Å². The van der Waals surface area contributed by atoms with E-state index in [-0.39, 0.29) is 33.3 Å². The number of nitrogens with zero attached hydrogens (tertiary/aromatic N) is 3. The largest absolute Gasteiger partial charge is 0.343 e. The standard InChI is InChI=1S/C35H32N4O14S4/c1-20-24(33(40)36-32-30(20)34(41)39(37-32)27-19-23(56(48,49)50)12-15-28(27)57(51,52)53)8-6-4-5-7-9-29-35(2,3)31-25-13-11-22(55(45,46)47)18-21(25)10-14-26(31)38(29)16-17-54(42,43)44/h4-15,18-19H,16-17H2,1-3H3,(H,36,37,40)(H,42,43,44)(H,45,46,47)(H,48,49,50)(H,51,52,53)/b6-4+,7-5+,24-8-,29-9+. The molecule has 0 aliphatic carbocycles. The van der Waals surface area contributed by atoms with Crippen LogP contribution in [0, 0.1) is 6.92 Å². The number of pyridine rings is 1. The number of carbonyl (C=O) groups excluding carboxylic acids is 1. The maximum absolute atomic E-state index is 13.5. The molecule has 6 rings (SSSR count). The first kappa shape index (κ1) is 41.3. The molecule has 0 spiro atoms. The Bertz CT molecular complexity index is 3170. The number of amides is 1. The summed E-state index contributed by atoms with van der Waals surface area (Å²) in [6, 6.07) is 9.46. The summed E-state index contributed by atoms with van der Waals surface area (Å²) in [6.07, 6.45) is 9.35. The maximum Gasteiger partial charge on any atom is 0.296 e. The van der Waals surface area contributed by atoms with E-state index < -0.39 is 78.6 Å². The van der Waals surface area contributed by atoms with E-state index in [2.05, 4.69) is 10.1 Å². The van der Waals surface area contributed by atoms with Crippen molar-refractivity contribution in [2.24, 2.45) is 5.10 Å². The summed E-state index contributed by atoms with van der Waals surface area (Å²) < 4.78 is 133. The molecule has 18 nitrogen and oxygen atoms in total. The second kappa shape index (κ2) is 14.2. The van der Waals surface area contributed by atoms with Crippen LogP contribution in [0.15, 0.2) is 109 Å². The lowest BCUT2D eigenvalue weighted by Crippen LogP contribution is -2.38. The van der Waals surface area contributed by atoms with Gasteiger partial charge in [-0.1, -0.05) is 50.3 Å². The van der Waals surface area contributed by atoms with Crippen LogP contribution < -0.4 is 26.2 Å². The molecule has 0 saturated heterocycles. The molecule has 3 aromatic carbocycles. The summed E-state index contributed by atoms with van der Waals surface area (Å²) in [5.74, 6) is -1.58. The molecule has 0 fully saturated rings. The van der Waals surface area contributed by atoms with Crippen molar-refractivity contribution in [1.82, 2.24) is 4.98 Å². The minimum absolute atomic E-state index is 0.0108. The SMILES string of the molecule is Cc1c2c([nH]c(=O)\c1=C/C=C/C=C/C=C1/N(CCS(=O)(=O)O)c3ccc4cc(S(=O)(=O)O)ccc4c3C1(C)C)=NN(c1cc(S(=O)(=O)O)ccc1S(=O)(=O)O)C2=O. The van der Waals surface area contributed by atoms with Gasteiger partial charge in [-0.25, -0.2) is 0 Å². The lowest BCUT2D eigenvalue weighted by Gasteiger charge is -2.26. The fourth-order valence-corrected chi connectivity index (χ4v) is 8.90. The van der Waals surface area contributed by atoms with Gasteiger partial charge in [-0.05, 0) is 77.4 Å². The molecular weight excluding hydrogens is 829 g/mol. The average Bonchev–Trinajstić information content (AvgIpc) is 3.53. The van der Waals surface area contributed by atoms with Crippen molar-refractivity contribution in [3.63, 3.8) is 0 Å². The highest BCUT2D eigenvalue weighted by Gasteiger charge is 2.41. The Morgan fingerprint density at radius 1 is 0.754 bits per heavy atom. The van der Waals surface area contributed by atoms with E-state index in [1.807, 2.05) is 13.8 Å². The molecule has 2 aliphatic heterocycles. The van der Waals surface area contributed by atoms with Gasteiger partial charge in [0.2, 0.25) is 0 Å². The van der Waals surface area contributed by atoms with E-state index >= 15 is 0 Å². The topological polar surface area (TPSA) is 286 Å². The number of anilines is 2. The van der Waals surface area contributed by atoms with Gasteiger partial charge in [0.1, 0.15) is 4.90 Å². The average molecular weight is 861 g/mol. The Kier molecular flexibility index (Phi) is 10.3. The summed E-state index contributed by atoms with van der Waals surface area (Å²) in [7, 11) is -18.8. The van der Waals surface area contributed by atoms with Crippen LogP contribution in [-0.2, 0) is 45.9 Å². The lowest BCUT2D eigenvalue weighted by atomic mass is 9.81. The van der Waals surface area contributed by atoms with Crippen molar-refractivity contribution in [3.05, 3.63) is 122 Å². The first-order valence-corrected chi connectivity index (χ1v) is 22.3. The predicted octanol–water partition coefficient (Wildman–Crippen LogP) is 2.23. The summed E-state index contributed by atoms with van der Waals surface area (Å²) >= 11 is 0. The predicted molar refractivity (Wildman–Crippen MR) is 207 cm³/mol. The van der Waals surface area contributed by atoms with Crippen LogP contribution in [0.3, 0.4) is 0 Å². The van der Waals surface area contributed by atoms with E-state index in [0.29, 0.717) is 45.4 Å². The Labute approximate surface area is 325 Å². The first-order valence-electron chi connectivity index (χ1n) is 16.4. The van der Waals surface area contributed by atoms with Crippen LogP contribution in [0.5, 0.6) is 0 Å². The van der Waals surface area contributed by atoms with Crippen molar-refractivity contribution < 1.29 is 56.7 Å². The number of carbonyl (C=O) groups is 1. The van der Waals surface area contributed by atoms with Crippen molar-refractivity contribution in [1.29, 1.82) is 0 Å². The van der Waals surface area contributed by atoms with Crippen LogP contribution in [0.1, 0.15) is 35.3 Å². The molecule has 0 atom stereocenters. The highest BCUT2D eigenvalue weighted by molar-refractivity contribution is 7.86. The van der Waals surface area contributed by atoms with Gasteiger partial charge < -0.3 is 9.88 Å². The molecule has 2 aliphatic rings. The first-order chi connectivity index (χ1) is 26.3. The Morgan fingerprint density at radius 3 is 1.98 bits per heavy atom. The van der Waals surface area contributed by atoms with Crippen molar-refractivity contribution in [2.45, 2.75) is 40.9 Å². The van der Waals surface area contributed by atoms with Crippen LogP contribution in [0.2, 0.25) is 0 Å². The van der Waals surface area contributed by atoms with Gasteiger partial charge in [-0.2, -0.15) is 38.7 Å². The van der Waals surface area contributed by atoms with Crippen LogP contribution in [-0.4, -0.2) is 75.1 Å². The van der Waals surface area contributed by atoms with E-state index in [9.17, 15) is 61.5 Å². The second-order valence-corrected chi connectivity index (χ2v) is 19.2. The van der Waals surface area contributed by atoms with Gasteiger partial charge >= 0.3 is 0 Å². The van der Waals surface area contributed by atoms with Crippen molar-refractivity contribution >= 4 is 74.6 Å². The number of rotatable bonds is 10. The molecular formula is C35H32N4O14S4. The molecule has 5 N–H and O–H groups in total. The molecule has 0 saturated carbocycles. The zero-order valence-corrected chi connectivity index (χ0v) is 33.1. The Morgan fingerprint density at radius 2 is 1.37 bits per heavy atom. The third kappa shape index (κ3) is 7.98. The third-order valence-electron chi connectivity index (χ3n) is 9.37.